The molecule has 2 rings (SSSR count). The first-order valence-electron chi connectivity index (χ1n) is 7.55. The van der Waals surface area contributed by atoms with Crippen LogP contribution in [0.5, 0.6) is 11.5 Å². The van der Waals surface area contributed by atoms with Crippen molar-refractivity contribution in [1.82, 2.24) is 5.32 Å². The summed E-state index contributed by atoms with van der Waals surface area (Å²) in [5.41, 5.74) is 0.457. The number of amides is 1. The highest BCUT2D eigenvalue weighted by Gasteiger charge is 2.16. The minimum Gasteiger partial charge on any atom is -0.490 e. The first-order valence-corrected chi connectivity index (χ1v) is 8.81. The topological polar surface area (TPSA) is 47.6 Å². The van der Waals surface area contributed by atoms with E-state index < -0.39 is 0 Å². The van der Waals surface area contributed by atoms with E-state index in [0.717, 1.165) is 11.3 Å². The molecule has 0 unspecified atom stereocenters. The van der Waals surface area contributed by atoms with Gasteiger partial charge in [0.1, 0.15) is 0 Å². The fourth-order valence-electron chi connectivity index (χ4n) is 1.99. The number of ether oxygens (including phenoxy) is 2. The second-order valence-corrected chi connectivity index (χ2v) is 6.27. The lowest BCUT2D eigenvalue weighted by Crippen LogP contribution is -2.22. The highest BCUT2D eigenvalue weighted by Crippen LogP contribution is 2.36. The fourth-order valence-corrected chi connectivity index (χ4v) is 2.90. The molecule has 6 heteroatoms. The van der Waals surface area contributed by atoms with E-state index in [9.17, 15) is 4.79 Å². The molecule has 0 saturated carbocycles. The Morgan fingerprint density at radius 2 is 2.13 bits per heavy atom. The molecule has 0 spiro atoms. The maximum Gasteiger partial charge on any atom is 0.251 e. The normalized spacial score (nSPS) is 10.4. The third-order valence-corrected chi connectivity index (χ3v) is 4.18. The Labute approximate surface area is 145 Å². The van der Waals surface area contributed by atoms with Gasteiger partial charge < -0.3 is 14.8 Å². The van der Waals surface area contributed by atoms with Crippen LogP contribution in [0.3, 0.4) is 0 Å². The van der Waals surface area contributed by atoms with Gasteiger partial charge in [0.05, 0.1) is 24.8 Å². The van der Waals surface area contributed by atoms with E-state index in [1.807, 2.05) is 31.4 Å². The minimum atomic E-state index is -0.191. The average molecular weight is 354 g/mol. The number of nitrogens with one attached hydrogen (secondary N) is 1. The summed E-state index contributed by atoms with van der Waals surface area (Å²) in [7, 11) is 0. The second kappa shape index (κ2) is 8.79. The summed E-state index contributed by atoms with van der Waals surface area (Å²) >= 11 is 7.87. The van der Waals surface area contributed by atoms with Gasteiger partial charge in [0.25, 0.3) is 5.91 Å². The summed E-state index contributed by atoms with van der Waals surface area (Å²) < 4.78 is 11.2. The summed E-state index contributed by atoms with van der Waals surface area (Å²) in [6.45, 7) is 5.40. The minimum absolute atomic E-state index is 0.191. The zero-order chi connectivity index (χ0) is 16.7. The first-order chi connectivity index (χ1) is 11.2. The Kier molecular flexibility index (Phi) is 6.74. The van der Waals surface area contributed by atoms with Gasteiger partial charge in [0.15, 0.2) is 11.5 Å². The van der Waals surface area contributed by atoms with Crippen molar-refractivity contribution < 1.29 is 14.3 Å². The van der Waals surface area contributed by atoms with Gasteiger partial charge in [-0.2, -0.15) is 0 Å². The number of carbonyl (C=O) groups is 1. The lowest BCUT2D eigenvalue weighted by Gasteiger charge is -2.14. The predicted molar refractivity (Wildman–Crippen MR) is 93.9 cm³/mol. The van der Waals surface area contributed by atoms with Crippen molar-refractivity contribution >= 4 is 28.8 Å². The van der Waals surface area contributed by atoms with Crippen LogP contribution in [0, 0.1) is 0 Å². The van der Waals surface area contributed by atoms with Crippen LogP contribution in [0.15, 0.2) is 29.6 Å². The molecule has 1 heterocycles. The number of rotatable bonds is 8. The van der Waals surface area contributed by atoms with Gasteiger partial charge in [0.2, 0.25) is 0 Å². The standard InChI is InChI=1S/C17H20ClNO3S/c1-3-7-22-16-14(18)9-12(10-15(16)21-4-2)17(20)19-11-13-6-5-8-23-13/h5-6,8-10H,3-4,7,11H2,1-2H3,(H,19,20). The van der Waals surface area contributed by atoms with Gasteiger partial charge in [0, 0.05) is 10.4 Å². The summed E-state index contributed by atoms with van der Waals surface area (Å²) in [5, 5.41) is 5.23. The highest BCUT2D eigenvalue weighted by molar-refractivity contribution is 7.09. The predicted octanol–water partition coefficient (Wildman–Crippen LogP) is 4.52. The molecule has 23 heavy (non-hydrogen) atoms. The van der Waals surface area contributed by atoms with Gasteiger partial charge in [-0.3, -0.25) is 4.79 Å². The molecule has 2 aromatic rings. The summed E-state index contributed by atoms with van der Waals surface area (Å²) in [6, 6.07) is 7.21. The molecule has 0 radical (unpaired) electrons. The molecule has 1 amide bonds. The smallest absolute Gasteiger partial charge is 0.251 e. The molecule has 0 atom stereocenters. The van der Waals surface area contributed by atoms with Crippen molar-refractivity contribution in [2.24, 2.45) is 0 Å². The van der Waals surface area contributed by atoms with Crippen LogP contribution in [0.2, 0.25) is 5.02 Å². The Morgan fingerprint density at radius 1 is 1.30 bits per heavy atom. The Hall–Kier alpha value is -1.72. The largest absolute Gasteiger partial charge is 0.490 e. The maximum absolute atomic E-state index is 12.3. The van der Waals surface area contributed by atoms with Crippen LogP contribution < -0.4 is 14.8 Å². The van der Waals surface area contributed by atoms with E-state index in [1.54, 1.807) is 23.5 Å². The average Bonchev–Trinajstić information content (AvgIpc) is 3.05. The van der Waals surface area contributed by atoms with E-state index in [4.69, 9.17) is 21.1 Å². The van der Waals surface area contributed by atoms with Gasteiger partial charge >= 0.3 is 0 Å². The zero-order valence-electron chi connectivity index (χ0n) is 13.2. The van der Waals surface area contributed by atoms with Gasteiger partial charge in [-0.15, -0.1) is 11.3 Å². The van der Waals surface area contributed by atoms with Crippen molar-refractivity contribution in [2.45, 2.75) is 26.8 Å². The van der Waals surface area contributed by atoms with Crippen LogP contribution in [0.25, 0.3) is 0 Å². The number of halogens is 1. The summed E-state index contributed by atoms with van der Waals surface area (Å²) in [6.07, 6.45) is 0.866. The summed E-state index contributed by atoms with van der Waals surface area (Å²) in [4.78, 5) is 13.4. The lowest BCUT2D eigenvalue weighted by atomic mass is 10.2. The zero-order valence-corrected chi connectivity index (χ0v) is 14.8. The molecular weight excluding hydrogens is 334 g/mol. The Balaban J connectivity index is 2.15. The maximum atomic E-state index is 12.3. The monoisotopic (exact) mass is 353 g/mol. The molecule has 0 aliphatic carbocycles. The molecule has 0 saturated heterocycles. The quantitative estimate of drug-likeness (QED) is 0.759. The van der Waals surface area contributed by atoms with E-state index in [-0.39, 0.29) is 5.91 Å². The van der Waals surface area contributed by atoms with E-state index >= 15 is 0 Å². The van der Waals surface area contributed by atoms with Crippen LogP contribution >= 0.6 is 22.9 Å². The van der Waals surface area contributed by atoms with Crippen LogP contribution in [0.1, 0.15) is 35.5 Å². The molecule has 124 valence electrons. The number of hydrogen-bond donors (Lipinski definition) is 1. The molecule has 1 N–H and O–H groups in total. The highest BCUT2D eigenvalue weighted by atomic mass is 35.5. The third kappa shape index (κ3) is 4.88. The SMILES string of the molecule is CCCOc1c(Cl)cc(C(=O)NCc2cccs2)cc1OCC. The Morgan fingerprint density at radius 3 is 2.78 bits per heavy atom. The molecule has 1 aromatic carbocycles. The van der Waals surface area contributed by atoms with Crippen LogP contribution in [-0.2, 0) is 6.54 Å². The molecule has 4 nitrogen and oxygen atoms in total. The van der Waals surface area contributed by atoms with Gasteiger partial charge in [-0.1, -0.05) is 24.6 Å². The number of hydrogen-bond acceptors (Lipinski definition) is 4. The molecular formula is C17H20ClNO3S. The van der Waals surface area contributed by atoms with E-state index in [0.29, 0.717) is 41.8 Å². The van der Waals surface area contributed by atoms with E-state index in [1.165, 1.54) is 0 Å². The lowest BCUT2D eigenvalue weighted by molar-refractivity contribution is 0.0950. The van der Waals surface area contributed by atoms with Crippen LogP contribution in [0.4, 0.5) is 0 Å². The van der Waals surface area contributed by atoms with Crippen molar-refractivity contribution in [3.8, 4) is 11.5 Å². The number of carbonyl (C=O) groups excluding carboxylic acids is 1. The van der Waals surface area contributed by atoms with Gasteiger partial charge in [-0.05, 0) is 36.9 Å². The summed E-state index contributed by atoms with van der Waals surface area (Å²) in [5.74, 6) is 0.795. The van der Waals surface area contributed by atoms with Crippen molar-refractivity contribution in [1.29, 1.82) is 0 Å². The van der Waals surface area contributed by atoms with E-state index in [2.05, 4.69) is 5.32 Å². The molecule has 0 fully saturated rings. The van der Waals surface area contributed by atoms with Crippen molar-refractivity contribution in [3.05, 3.63) is 45.1 Å². The van der Waals surface area contributed by atoms with Crippen LogP contribution in [-0.4, -0.2) is 19.1 Å². The van der Waals surface area contributed by atoms with Crippen molar-refractivity contribution in [3.63, 3.8) is 0 Å². The Bertz CT molecular complexity index is 644. The number of thiophene rings is 1. The fraction of sp³-hybridized carbons (Fsp3) is 0.353. The number of benzene rings is 1. The van der Waals surface area contributed by atoms with Gasteiger partial charge in [-0.25, -0.2) is 0 Å². The molecule has 1 aromatic heterocycles. The first kappa shape index (κ1) is 17.6. The third-order valence-electron chi connectivity index (χ3n) is 3.03. The molecule has 0 aliphatic heterocycles. The molecule has 0 bridgehead atoms. The second-order valence-electron chi connectivity index (χ2n) is 4.83. The molecule has 0 aliphatic rings. The van der Waals surface area contributed by atoms with Crippen molar-refractivity contribution in [2.75, 3.05) is 13.2 Å².